The summed E-state index contributed by atoms with van der Waals surface area (Å²) in [6, 6.07) is 29.1. The van der Waals surface area contributed by atoms with E-state index in [1.165, 1.54) is 0 Å². The van der Waals surface area contributed by atoms with Crippen LogP contribution in [0.1, 0.15) is 15.9 Å². The molecular weight excluding hydrogens is 332 g/mol. The fourth-order valence-electron chi connectivity index (χ4n) is 2.89. The monoisotopic (exact) mass is 350 g/mol. The summed E-state index contributed by atoms with van der Waals surface area (Å²) in [5.41, 5.74) is 3.44. The minimum atomic E-state index is -0.0192. The molecule has 130 valence electrons. The molecule has 1 N–H and O–H groups in total. The van der Waals surface area contributed by atoms with Gasteiger partial charge in [0.25, 0.3) is 0 Å². The van der Waals surface area contributed by atoms with Gasteiger partial charge < -0.3 is 5.32 Å². The third kappa shape index (κ3) is 3.93. The van der Waals surface area contributed by atoms with E-state index in [4.69, 9.17) is 0 Å². The molecule has 0 aliphatic rings. The van der Waals surface area contributed by atoms with Crippen molar-refractivity contribution in [3.8, 4) is 0 Å². The van der Waals surface area contributed by atoms with Crippen LogP contribution in [0.25, 0.3) is 17.0 Å². The number of ketones is 1. The predicted molar refractivity (Wildman–Crippen MR) is 111 cm³/mol. The molecule has 0 bridgehead atoms. The first kappa shape index (κ1) is 16.7. The molecule has 0 fully saturated rings. The van der Waals surface area contributed by atoms with Gasteiger partial charge in [0.05, 0.1) is 5.52 Å². The van der Waals surface area contributed by atoms with Gasteiger partial charge >= 0.3 is 0 Å². The first-order valence-electron chi connectivity index (χ1n) is 8.79. The number of fused-ring (bicyclic) bond motifs is 1. The number of hydrogen-bond acceptors (Lipinski definition) is 3. The van der Waals surface area contributed by atoms with Crippen molar-refractivity contribution in [3.63, 3.8) is 0 Å². The maximum atomic E-state index is 12.3. The van der Waals surface area contributed by atoms with Crippen molar-refractivity contribution < 1.29 is 4.79 Å². The Bertz CT molecular complexity index is 1120. The number of pyridine rings is 1. The summed E-state index contributed by atoms with van der Waals surface area (Å²) in [6.45, 7) is 0. The molecule has 27 heavy (non-hydrogen) atoms. The largest absolute Gasteiger partial charge is 0.340 e. The van der Waals surface area contributed by atoms with Crippen LogP contribution in [0.2, 0.25) is 0 Å². The minimum Gasteiger partial charge on any atom is -0.340 e. The number of carbonyl (C=O) groups is 1. The Morgan fingerprint density at radius 2 is 1.52 bits per heavy atom. The van der Waals surface area contributed by atoms with Crippen LogP contribution in [0.4, 0.5) is 11.5 Å². The van der Waals surface area contributed by atoms with Crippen LogP contribution in [0.15, 0.2) is 97.1 Å². The van der Waals surface area contributed by atoms with Crippen molar-refractivity contribution in [2.45, 2.75) is 0 Å². The first-order valence-corrected chi connectivity index (χ1v) is 8.79. The van der Waals surface area contributed by atoms with E-state index in [1.54, 1.807) is 6.08 Å². The second-order valence-electron chi connectivity index (χ2n) is 6.17. The summed E-state index contributed by atoms with van der Waals surface area (Å²) >= 11 is 0. The van der Waals surface area contributed by atoms with Gasteiger partial charge in [-0.15, -0.1) is 0 Å². The summed E-state index contributed by atoms with van der Waals surface area (Å²) in [4.78, 5) is 17.0. The maximum absolute atomic E-state index is 12.3. The molecular formula is C24H18N2O. The third-order valence-electron chi connectivity index (χ3n) is 4.29. The van der Waals surface area contributed by atoms with E-state index in [9.17, 15) is 4.79 Å². The van der Waals surface area contributed by atoms with Crippen LogP contribution in [-0.4, -0.2) is 10.8 Å². The van der Waals surface area contributed by atoms with Crippen molar-refractivity contribution in [2.75, 3.05) is 5.32 Å². The van der Waals surface area contributed by atoms with E-state index in [-0.39, 0.29) is 5.78 Å². The molecule has 0 saturated carbocycles. The molecule has 0 atom stereocenters. The molecule has 0 radical (unpaired) electrons. The van der Waals surface area contributed by atoms with Crippen LogP contribution in [-0.2, 0) is 0 Å². The number of para-hydroxylation sites is 2. The summed E-state index contributed by atoms with van der Waals surface area (Å²) in [7, 11) is 0. The Labute approximate surface area is 158 Å². The van der Waals surface area contributed by atoms with Gasteiger partial charge in [-0.1, -0.05) is 66.7 Å². The molecule has 4 rings (SSSR count). The van der Waals surface area contributed by atoms with E-state index in [0.717, 1.165) is 28.0 Å². The Kier molecular flexibility index (Phi) is 4.75. The number of allylic oxidation sites excluding steroid dienone is 1. The quantitative estimate of drug-likeness (QED) is 0.361. The lowest BCUT2D eigenvalue weighted by Gasteiger charge is -2.09. The first-order chi connectivity index (χ1) is 13.3. The Hall–Kier alpha value is -3.72. The number of nitrogens with zero attached hydrogens (tertiary/aromatic N) is 1. The molecule has 0 aliphatic carbocycles. The van der Waals surface area contributed by atoms with Gasteiger partial charge in [-0.25, -0.2) is 4.98 Å². The SMILES string of the molecule is O=C(C=Cc1ccccc1Nc1ccc2ccccc2n1)c1ccccc1. The van der Waals surface area contributed by atoms with Gasteiger partial charge in [0, 0.05) is 16.6 Å². The smallest absolute Gasteiger partial charge is 0.185 e. The lowest BCUT2D eigenvalue weighted by atomic mass is 10.1. The second-order valence-corrected chi connectivity index (χ2v) is 6.17. The number of benzene rings is 3. The van der Waals surface area contributed by atoms with E-state index in [2.05, 4.69) is 10.3 Å². The lowest BCUT2D eigenvalue weighted by molar-refractivity contribution is 0.104. The molecule has 4 aromatic rings. The normalized spacial score (nSPS) is 11.0. The molecule has 0 spiro atoms. The van der Waals surface area contributed by atoms with Crippen molar-refractivity contribution in [3.05, 3.63) is 108 Å². The van der Waals surface area contributed by atoms with Crippen LogP contribution in [0.3, 0.4) is 0 Å². The summed E-state index contributed by atoms with van der Waals surface area (Å²) in [6.07, 6.45) is 3.43. The Balaban J connectivity index is 1.59. The Morgan fingerprint density at radius 3 is 2.41 bits per heavy atom. The predicted octanol–water partition coefficient (Wildman–Crippen LogP) is 5.87. The van der Waals surface area contributed by atoms with Crippen molar-refractivity contribution in [1.29, 1.82) is 0 Å². The molecule has 1 heterocycles. The zero-order valence-electron chi connectivity index (χ0n) is 14.7. The molecule has 0 unspecified atom stereocenters. The number of aromatic nitrogens is 1. The maximum Gasteiger partial charge on any atom is 0.185 e. The second kappa shape index (κ2) is 7.67. The molecule has 0 aliphatic heterocycles. The van der Waals surface area contributed by atoms with Gasteiger partial charge in [-0.05, 0) is 42.0 Å². The van der Waals surface area contributed by atoms with Gasteiger partial charge in [0.2, 0.25) is 0 Å². The summed E-state index contributed by atoms with van der Waals surface area (Å²) in [5.74, 6) is 0.748. The van der Waals surface area contributed by atoms with Crippen molar-refractivity contribution >= 4 is 34.3 Å². The highest BCUT2D eigenvalue weighted by Gasteiger charge is 2.04. The van der Waals surface area contributed by atoms with Crippen LogP contribution < -0.4 is 5.32 Å². The van der Waals surface area contributed by atoms with E-state index < -0.39 is 0 Å². The van der Waals surface area contributed by atoms with Crippen LogP contribution in [0.5, 0.6) is 0 Å². The van der Waals surface area contributed by atoms with Crippen LogP contribution >= 0.6 is 0 Å². The topological polar surface area (TPSA) is 42.0 Å². The summed E-state index contributed by atoms with van der Waals surface area (Å²) in [5, 5.41) is 4.46. The lowest BCUT2D eigenvalue weighted by Crippen LogP contribution is -1.97. The molecule has 1 aromatic heterocycles. The standard InChI is InChI=1S/C24H18N2O/c27-23(20-10-2-1-3-11-20)16-14-18-8-4-6-12-21(18)25-24-17-15-19-9-5-7-13-22(19)26-24/h1-17H,(H,25,26). The van der Waals surface area contributed by atoms with E-state index >= 15 is 0 Å². The van der Waals surface area contributed by atoms with Gasteiger partial charge in [0.1, 0.15) is 5.82 Å². The minimum absolute atomic E-state index is 0.0192. The van der Waals surface area contributed by atoms with Crippen molar-refractivity contribution in [1.82, 2.24) is 4.98 Å². The highest BCUT2D eigenvalue weighted by Crippen LogP contribution is 2.23. The fraction of sp³-hybridized carbons (Fsp3) is 0. The number of nitrogens with one attached hydrogen (secondary N) is 1. The number of anilines is 2. The fourth-order valence-corrected chi connectivity index (χ4v) is 2.89. The van der Waals surface area contributed by atoms with Gasteiger partial charge in [-0.3, -0.25) is 4.79 Å². The number of rotatable bonds is 5. The Morgan fingerprint density at radius 1 is 0.778 bits per heavy atom. The number of carbonyl (C=O) groups excluding carboxylic acids is 1. The van der Waals surface area contributed by atoms with Gasteiger partial charge in [-0.2, -0.15) is 0 Å². The third-order valence-corrected chi connectivity index (χ3v) is 4.29. The highest BCUT2D eigenvalue weighted by molar-refractivity contribution is 6.07. The van der Waals surface area contributed by atoms with E-state index in [0.29, 0.717) is 5.56 Å². The zero-order chi connectivity index (χ0) is 18.5. The zero-order valence-corrected chi connectivity index (χ0v) is 14.7. The van der Waals surface area contributed by atoms with Crippen LogP contribution in [0, 0.1) is 0 Å². The van der Waals surface area contributed by atoms with Crippen molar-refractivity contribution in [2.24, 2.45) is 0 Å². The highest BCUT2D eigenvalue weighted by atomic mass is 16.1. The molecule has 0 saturated heterocycles. The average Bonchev–Trinajstić information content (AvgIpc) is 2.73. The molecule has 3 heteroatoms. The number of hydrogen-bond donors (Lipinski definition) is 1. The molecule has 3 aromatic carbocycles. The summed E-state index contributed by atoms with van der Waals surface area (Å²) < 4.78 is 0. The molecule has 0 amide bonds. The van der Waals surface area contributed by atoms with E-state index in [1.807, 2.05) is 97.1 Å². The molecule has 3 nitrogen and oxygen atoms in total. The van der Waals surface area contributed by atoms with Gasteiger partial charge in [0.15, 0.2) is 5.78 Å². The average molecular weight is 350 g/mol.